The fraction of sp³-hybridized carbons (Fsp3) is 0.0800. The van der Waals surface area contributed by atoms with Crippen molar-refractivity contribution in [3.8, 4) is 28.1 Å². The largest absolute Gasteiger partial charge is 0.507 e. The molecule has 0 aliphatic rings. The van der Waals surface area contributed by atoms with Gasteiger partial charge in [0.25, 0.3) is 0 Å². The molecule has 8 nitrogen and oxygen atoms in total. The van der Waals surface area contributed by atoms with Gasteiger partial charge in [0.1, 0.15) is 11.6 Å². The number of aromatic hydroxyl groups is 1. The number of hydrogen-bond donors (Lipinski definition) is 6. The van der Waals surface area contributed by atoms with Gasteiger partial charge in [-0.3, -0.25) is 15.0 Å². The van der Waals surface area contributed by atoms with Gasteiger partial charge in [0, 0.05) is 32.6 Å². The Morgan fingerprint density at radius 3 is 2.41 bits per heavy atom. The van der Waals surface area contributed by atoms with Gasteiger partial charge in [0.2, 0.25) is 0 Å². The number of rotatable bonds is 7. The number of amidine groups is 1. The van der Waals surface area contributed by atoms with E-state index in [1.165, 1.54) is 12.1 Å². The van der Waals surface area contributed by atoms with Crippen LogP contribution in [-0.4, -0.2) is 38.1 Å². The molecule has 0 aliphatic carbocycles. The molecule has 0 saturated heterocycles. The lowest BCUT2D eigenvalue weighted by Gasteiger charge is -2.17. The van der Waals surface area contributed by atoms with E-state index in [1.807, 2.05) is 0 Å². The quantitative estimate of drug-likeness (QED) is 0.166. The maximum atomic E-state index is 11.9. The lowest BCUT2D eigenvalue weighted by atomic mass is 9.89. The third kappa shape index (κ3) is 4.44. The third-order valence-electron chi connectivity index (χ3n) is 5.57. The van der Waals surface area contributed by atoms with E-state index in [9.17, 15) is 24.9 Å². The van der Waals surface area contributed by atoms with Crippen LogP contribution in [0.25, 0.3) is 33.3 Å². The zero-order chi connectivity index (χ0) is 24.6. The minimum absolute atomic E-state index is 0.0873. The predicted molar refractivity (Wildman–Crippen MR) is 129 cm³/mol. The molecule has 9 heteroatoms. The Morgan fingerprint density at radius 1 is 1.03 bits per heavy atom. The summed E-state index contributed by atoms with van der Waals surface area (Å²) >= 11 is 6.13. The minimum atomic E-state index is -1.33. The van der Waals surface area contributed by atoms with E-state index >= 15 is 0 Å². The second-order valence-corrected chi connectivity index (χ2v) is 8.30. The second kappa shape index (κ2) is 8.92. The van der Waals surface area contributed by atoms with Crippen molar-refractivity contribution in [3.05, 3.63) is 76.8 Å². The summed E-state index contributed by atoms with van der Waals surface area (Å²) in [5.74, 6) is -4.09. The van der Waals surface area contributed by atoms with E-state index in [1.54, 1.807) is 48.5 Å². The van der Waals surface area contributed by atoms with Crippen LogP contribution < -0.4 is 5.73 Å². The number of hydrogen-bond acceptors (Lipinski definition) is 4. The molecule has 7 N–H and O–H groups in total. The van der Waals surface area contributed by atoms with Crippen molar-refractivity contribution in [1.82, 2.24) is 4.98 Å². The summed E-state index contributed by atoms with van der Waals surface area (Å²) in [4.78, 5) is 26.5. The van der Waals surface area contributed by atoms with Crippen LogP contribution in [0.15, 0.2) is 60.7 Å². The van der Waals surface area contributed by atoms with Gasteiger partial charge in [-0.25, -0.2) is 0 Å². The van der Waals surface area contributed by atoms with E-state index in [0.717, 1.165) is 10.9 Å². The van der Waals surface area contributed by atoms with Gasteiger partial charge in [-0.05, 0) is 59.7 Å². The summed E-state index contributed by atoms with van der Waals surface area (Å²) < 4.78 is 0. The zero-order valence-electron chi connectivity index (χ0n) is 17.7. The molecule has 0 saturated carbocycles. The van der Waals surface area contributed by atoms with Crippen molar-refractivity contribution >= 4 is 40.3 Å². The van der Waals surface area contributed by atoms with Crippen LogP contribution in [0, 0.1) is 5.41 Å². The van der Waals surface area contributed by atoms with Crippen molar-refractivity contribution < 1.29 is 24.9 Å². The molecule has 34 heavy (non-hydrogen) atoms. The highest BCUT2D eigenvalue weighted by atomic mass is 35.5. The van der Waals surface area contributed by atoms with Crippen LogP contribution in [-0.2, 0) is 9.59 Å². The van der Waals surface area contributed by atoms with Crippen molar-refractivity contribution in [1.29, 1.82) is 5.41 Å². The van der Waals surface area contributed by atoms with Gasteiger partial charge < -0.3 is 26.0 Å². The predicted octanol–water partition coefficient (Wildman–Crippen LogP) is 4.79. The summed E-state index contributed by atoms with van der Waals surface area (Å²) in [6.45, 7) is 0. The number of nitrogens with two attached hydrogens (primary N) is 1. The number of H-pyrrole nitrogens is 1. The van der Waals surface area contributed by atoms with E-state index in [2.05, 4.69) is 4.98 Å². The van der Waals surface area contributed by atoms with Crippen molar-refractivity contribution in [2.75, 3.05) is 0 Å². The minimum Gasteiger partial charge on any atom is -0.507 e. The van der Waals surface area contributed by atoms with Crippen LogP contribution >= 0.6 is 11.6 Å². The number of aromatic amines is 1. The standard InChI is InChI=1S/C25H20ClN3O5/c26-16-3-1-2-12(7-16)17-8-14(18(25(33)34)11-22(30)31)9-19(23(17)32)21-10-15-6-13(24(27)28)4-5-20(15)29-21/h1-10,18,29,32H,11H2,(H3,27,28)(H,30,31)(H,33,34). The highest BCUT2D eigenvalue weighted by Crippen LogP contribution is 2.42. The molecule has 4 aromatic rings. The first-order chi connectivity index (χ1) is 16.1. The van der Waals surface area contributed by atoms with Crippen molar-refractivity contribution in [3.63, 3.8) is 0 Å². The molecule has 0 spiro atoms. The summed E-state index contributed by atoms with van der Waals surface area (Å²) in [6.07, 6.45) is -0.622. The number of nitrogen functional groups attached to an aromatic ring is 1. The highest BCUT2D eigenvalue weighted by molar-refractivity contribution is 6.30. The van der Waals surface area contributed by atoms with Gasteiger partial charge in [-0.1, -0.05) is 23.7 Å². The number of nitrogens with one attached hydrogen (secondary N) is 2. The van der Waals surface area contributed by atoms with E-state index in [0.29, 0.717) is 33.0 Å². The first kappa shape index (κ1) is 22.9. The number of fused-ring (bicyclic) bond motifs is 1. The topological polar surface area (TPSA) is 160 Å². The summed E-state index contributed by atoms with van der Waals surface area (Å²) in [5.41, 5.74) is 8.69. The van der Waals surface area contributed by atoms with Crippen molar-refractivity contribution in [2.24, 2.45) is 5.73 Å². The number of carbonyl (C=O) groups is 2. The number of halogens is 1. The smallest absolute Gasteiger partial charge is 0.311 e. The fourth-order valence-electron chi connectivity index (χ4n) is 3.91. The third-order valence-corrected chi connectivity index (χ3v) is 5.80. The average molecular weight is 478 g/mol. The second-order valence-electron chi connectivity index (χ2n) is 7.86. The Bertz CT molecular complexity index is 1460. The normalized spacial score (nSPS) is 11.9. The number of phenols is 1. The Labute approximate surface area is 198 Å². The highest BCUT2D eigenvalue weighted by Gasteiger charge is 2.26. The zero-order valence-corrected chi connectivity index (χ0v) is 18.4. The number of aromatic nitrogens is 1. The molecule has 1 aromatic heterocycles. The molecule has 0 radical (unpaired) electrons. The van der Waals surface area contributed by atoms with E-state index in [4.69, 9.17) is 22.7 Å². The molecule has 172 valence electrons. The van der Waals surface area contributed by atoms with Gasteiger partial charge in [-0.15, -0.1) is 0 Å². The molecule has 1 atom stereocenters. The first-order valence-electron chi connectivity index (χ1n) is 10.2. The average Bonchev–Trinajstić information content (AvgIpc) is 3.20. The van der Waals surface area contributed by atoms with Gasteiger partial charge in [-0.2, -0.15) is 0 Å². The Balaban J connectivity index is 1.96. The number of carboxylic acids is 2. The van der Waals surface area contributed by atoms with Crippen molar-refractivity contribution in [2.45, 2.75) is 12.3 Å². The van der Waals surface area contributed by atoms with E-state index < -0.39 is 24.3 Å². The lowest BCUT2D eigenvalue weighted by Crippen LogP contribution is -2.16. The van der Waals surface area contributed by atoms with Gasteiger partial charge >= 0.3 is 11.9 Å². The summed E-state index contributed by atoms with van der Waals surface area (Å²) in [7, 11) is 0. The molecule has 4 rings (SSSR count). The molecular formula is C25H20ClN3O5. The molecule has 0 aliphatic heterocycles. The van der Waals surface area contributed by atoms with Gasteiger partial charge in [0.15, 0.2) is 0 Å². The SMILES string of the molecule is N=C(N)c1ccc2[nH]c(-c3cc(C(CC(=O)O)C(=O)O)cc(-c4cccc(Cl)c4)c3O)cc2c1. The number of carboxylic acid groups (broad SMARTS) is 2. The number of aliphatic carboxylic acids is 2. The molecule has 3 aromatic carbocycles. The fourth-order valence-corrected chi connectivity index (χ4v) is 4.10. The number of phenolic OH excluding ortho intramolecular Hbond substituents is 1. The Kier molecular flexibility index (Phi) is 6.00. The van der Waals surface area contributed by atoms with Crippen LogP contribution in [0.1, 0.15) is 23.5 Å². The monoisotopic (exact) mass is 477 g/mol. The maximum Gasteiger partial charge on any atom is 0.311 e. The van der Waals surface area contributed by atoms with Crippen LogP contribution in [0.4, 0.5) is 0 Å². The lowest BCUT2D eigenvalue weighted by molar-refractivity contribution is -0.145. The van der Waals surface area contributed by atoms with Crippen LogP contribution in [0.3, 0.4) is 0 Å². The first-order valence-corrected chi connectivity index (χ1v) is 10.6. The Hall–Kier alpha value is -4.30. The number of benzene rings is 3. The molecule has 1 unspecified atom stereocenters. The summed E-state index contributed by atoms with van der Waals surface area (Å²) in [6, 6.07) is 16.6. The van der Waals surface area contributed by atoms with E-state index in [-0.39, 0.29) is 17.1 Å². The molecule has 1 heterocycles. The maximum absolute atomic E-state index is 11.9. The van der Waals surface area contributed by atoms with Crippen LogP contribution in [0.5, 0.6) is 5.75 Å². The summed E-state index contributed by atoms with van der Waals surface area (Å²) in [5, 5.41) is 39.0. The Morgan fingerprint density at radius 2 is 1.76 bits per heavy atom. The molecular weight excluding hydrogens is 458 g/mol. The molecule has 0 amide bonds. The van der Waals surface area contributed by atoms with Gasteiger partial charge in [0.05, 0.1) is 18.0 Å². The molecule has 0 fully saturated rings. The molecule has 0 bridgehead atoms. The van der Waals surface area contributed by atoms with Crippen LogP contribution in [0.2, 0.25) is 5.02 Å².